The molecule has 1 N–H and O–H groups in total. The van der Waals surface area contributed by atoms with Gasteiger partial charge in [0.2, 0.25) is 0 Å². The fraction of sp³-hybridized carbons (Fsp3) is 0.300. The molecule has 134 valence electrons. The first-order valence-corrected chi connectivity index (χ1v) is 8.64. The van der Waals surface area contributed by atoms with Crippen LogP contribution in [0.4, 0.5) is 0 Å². The Balaban J connectivity index is 1.55. The summed E-state index contributed by atoms with van der Waals surface area (Å²) in [7, 11) is 1.66. The number of aryl methyl sites for hydroxylation is 1. The quantitative estimate of drug-likeness (QED) is 0.787. The zero-order valence-corrected chi connectivity index (χ0v) is 14.9. The standard InChI is InChI=1S/C20H21N3O3/c1-13-9-18(22-21-13)20(24)23-7-8-26-19(12-23)16-4-3-15-11-17(25-2)6-5-14(15)10-16/h3-6,9-11,19H,7-8,12H2,1-2H3,(H,21,22)/t19-/m0/s1. The van der Waals surface area contributed by atoms with Gasteiger partial charge in [-0.25, -0.2) is 0 Å². The minimum atomic E-state index is -0.140. The number of nitrogens with one attached hydrogen (secondary N) is 1. The predicted octanol–water partition coefficient (Wildman–Crippen LogP) is 3.09. The lowest BCUT2D eigenvalue weighted by atomic mass is 10.0. The molecule has 1 fully saturated rings. The Kier molecular flexibility index (Phi) is 4.34. The number of hydrogen-bond acceptors (Lipinski definition) is 4. The van der Waals surface area contributed by atoms with Crippen LogP contribution in [0.25, 0.3) is 10.8 Å². The number of aromatic amines is 1. The van der Waals surface area contributed by atoms with E-state index >= 15 is 0 Å². The molecule has 1 aromatic heterocycles. The normalized spacial score (nSPS) is 17.5. The van der Waals surface area contributed by atoms with Crippen LogP contribution in [0.2, 0.25) is 0 Å². The molecule has 0 saturated carbocycles. The van der Waals surface area contributed by atoms with Gasteiger partial charge in [0.1, 0.15) is 17.5 Å². The van der Waals surface area contributed by atoms with E-state index < -0.39 is 0 Å². The second kappa shape index (κ2) is 6.80. The van der Waals surface area contributed by atoms with E-state index in [-0.39, 0.29) is 12.0 Å². The minimum Gasteiger partial charge on any atom is -0.497 e. The van der Waals surface area contributed by atoms with E-state index in [0.717, 1.165) is 27.8 Å². The van der Waals surface area contributed by atoms with Crippen LogP contribution in [-0.4, -0.2) is 47.8 Å². The lowest BCUT2D eigenvalue weighted by Crippen LogP contribution is -2.42. The molecule has 3 aromatic rings. The Morgan fingerprint density at radius 3 is 2.81 bits per heavy atom. The van der Waals surface area contributed by atoms with Gasteiger partial charge < -0.3 is 14.4 Å². The molecule has 6 nitrogen and oxygen atoms in total. The van der Waals surface area contributed by atoms with Gasteiger partial charge in [0.05, 0.1) is 20.3 Å². The van der Waals surface area contributed by atoms with E-state index in [9.17, 15) is 4.79 Å². The summed E-state index contributed by atoms with van der Waals surface area (Å²) in [6, 6.07) is 14.0. The average Bonchev–Trinajstić information content (AvgIpc) is 3.13. The maximum atomic E-state index is 12.6. The molecule has 1 atom stereocenters. The number of carbonyl (C=O) groups excluding carboxylic acids is 1. The minimum absolute atomic E-state index is 0.0619. The van der Waals surface area contributed by atoms with Gasteiger partial charge in [-0.3, -0.25) is 9.89 Å². The van der Waals surface area contributed by atoms with Crippen LogP contribution < -0.4 is 4.74 Å². The van der Waals surface area contributed by atoms with Gasteiger partial charge in [-0.2, -0.15) is 5.10 Å². The summed E-state index contributed by atoms with van der Waals surface area (Å²) in [6.07, 6.45) is -0.140. The first-order valence-electron chi connectivity index (χ1n) is 8.64. The molecule has 2 heterocycles. The average molecular weight is 351 g/mol. The van der Waals surface area contributed by atoms with E-state index in [1.54, 1.807) is 13.2 Å². The fourth-order valence-corrected chi connectivity index (χ4v) is 3.29. The SMILES string of the molecule is COc1ccc2cc([C@@H]3CN(C(=O)c4cc(C)[nH]n4)CCO3)ccc2c1. The van der Waals surface area contributed by atoms with Crippen molar-refractivity contribution < 1.29 is 14.3 Å². The van der Waals surface area contributed by atoms with Crippen molar-refractivity contribution in [2.24, 2.45) is 0 Å². The summed E-state index contributed by atoms with van der Waals surface area (Å²) in [5.41, 5.74) is 2.40. The Hall–Kier alpha value is -2.86. The van der Waals surface area contributed by atoms with Gasteiger partial charge in [-0.15, -0.1) is 0 Å². The third-order valence-electron chi connectivity index (χ3n) is 4.72. The number of rotatable bonds is 3. The molecule has 1 saturated heterocycles. The van der Waals surface area contributed by atoms with E-state index in [1.165, 1.54) is 0 Å². The number of aromatic nitrogens is 2. The van der Waals surface area contributed by atoms with Gasteiger partial charge in [-0.05, 0) is 47.5 Å². The topological polar surface area (TPSA) is 67.5 Å². The number of H-pyrrole nitrogens is 1. The van der Waals surface area contributed by atoms with Gasteiger partial charge >= 0.3 is 0 Å². The molecular formula is C20H21N3O3. The van der Waals surface area contributed by atoms with E-state index in [4.69, 9.17) is 9.47 Å². The van der Waals surface area contributed by atoms with Crippen LogP contribution in [0.15, 0.2) is 42.5 Å². The number of nitrogens with zero attached hydrogens (tertiary/aromatic N) is 2. The van der Waals surface area contributed by atoms with E-state index in [1.807, 2.05) is 30.0 Å². The van der Waals surface area contributed by atoms with Crippen molar-refractivity contribution in [1.82, 2.24) is 15.1 Å². The monoisotopic (exact) mass is 351 g/mol. The van der Waals surface area contributed by atoms with Crippen molar-refractivity contribution in [3.63, 3.8) is 0 Å². The second-order valence-corrected chi connectivity index (χ2v) is 6.52. The molecule has 1 aliphatic rings. The summed E-state index contributed by atoms with van der Waals surface area (Å²) in [6.45, 7) is 3.49. The molecule has 0 radical (unpaired) electrons. The number of methoxy groups -OCH3 is 1. The van der Waals surface area contributed by atoms with Crippen molar-refractivity contribution in [3.8, 4) is 5.75 Å². The van der Waals surface area contributed by atoms with E-state index in [0.29, 0.717) is 25.4 Å². The highest BCUT2D eigenvalue weighted by molar-refractivity contribution is 5.92. The Morgan fingerprint density at radius 1 is 1.23 bits per heavy atom. The largest absolute Gasteiger partial charge is 0.497 e. The molecule has 0 unspecified atom stereocenters. The molecular weight excluding hydrogens is 330 g/mol. The number of morpholine rings is 1. The van der Waals surface area contributed by atoms with E-state index in [2.05, 4.69) is 28.4 Å². The van der Waals surface area contributed by atoms with Crippen molar-refractivity contribution in [2.45, 2.75) is 13.0 Å². The molecule has 0 bridgehead atoms. The van der Waals surface area contributed by atoms with Crippen LogP contribution in [0, 0.1) is 6.92 Å². The van der Waals surface area contributed by atoms with Crippen LogP contribution >= 0.6 is 0 Å². The summed E-state index contributed by atoms with van der Waals surface area (Å²) >= 11 is 0. The smallest absolute Gasteiger partial charge is 0.274 e. The molecule has 0 spiro atoms. The van der Waals surface area contributed by atoms with Gasteiger partial charge in [0, 0.05) is 12.2 Å². The number of amides is 1. The lowest BCUT2D eigenvalue weighted by molar-refractivity contribution is -0.0229. The Bertz CT molecular complexity index is 950. The molecule has 0 aliphatic carbocycles. The van der Waals surface area contributed by atoms with Crippen LogP contribution in [0.5, 0.6) is 5.75 Å². The molecule has 4 rings (SSSR count). The summed E-state index contributed by atoms with van der Waals surface area (Å²) in [5, 5.41) is 9.14. The first kappa shape index (κ1) is 16.6. The van der Waals surface area contributed by atoms with Crippen LogP contribution in [0.1, 0.15) is 27.8 Å². The number of carbonyl (C=O) groups is 1. The molecule has 6 heteroatoms. The predicted molar refractivity (Wildman–Crippen MR) is 98.4 cm³/mol. The Labute approximate surface area is 151 Å². The van der Waals surface area contributed by atoms with Crippen molar-refractivity contribution >= 4 is 16.7 Å². The van der Waals surface area contributed by atoms with Crippen LogP contribution in [-0.2, 0) is 4.74 Å². The van der Waals surface area contributed by atoms with Crippen molar-refractivity contribution in [1.29, 1.82) is 0 Å². The maximum Gasteiger partial charge on any atom is 0.274 e. The zero-order valence-electron chi connectivity index (χ0n) is 14.9. The van der Waals surface area contributed by atoms with Crippen molar-refractivity contribution in [3.05, 3.63) is 59.4 Å². The highest BCUT2D eigenvalue weighted by Gasteiger charge is 2.27. The molecule has 26 heavy (non-hydrogen) atoms. The lowest BCUT2D eigenvalue weighted by Gasteiger charge is -2.33. The third kappa shape index (κ3) is 3.15. The van der Waals surface area contributed by atoms with Gasteiger partial charge in [0.25, 0.3) is 5.91 Å². The van der Waals surface area contributed by atoms with Crippen LogP contribution in [0.3, 0.4) is 0 Å². The molecule has 1 aliphatic heterocycles. The Morgan fingerprint density at radius 2 is 2.04 bits per heavy atom. The third-order valence-corrected chi connectivity index (χ3v) is 4.72. The van der Waals surface area contributed by atoms with Gasteiger partial charge in [-0.1, -0.05) is 18.2 Å². The first-order chi connectivity index (χ1) is 12.6. The highest BCUT2D eigenvalue weighted by Crippen LogP contribution is 2.28. The fourth-order valence-electron chi connectivity index (χ4n) is 3.29. The van der Waals surface area contributed by atoms with Crippen molar-refractivity contribution in [2.75, 3.05) is 26.8 Å². The number of hydrogen-bond donors (Lipinski definition) is 1. The number of fused-ring (bicyclic) bond motifs is 1. The molecule has 1 amide bonds. The second-order valence-electron chi connectivity index (χ2n) is 6.52. The summed E-state index contributed by atoms with van der Waals surface area (Å²) < 4.78 is 11.2. The maximum absolute atomic E-state index is 12.6. The zero-order chi connectivity index (χ0) is 18.1. The number of benzene rings is 2. The summed E-state index contributed by atoms with van der Waals surface area (Å²) in [5.74, 6) is 0.776. The highest BCUT2D eigenvalue weighted by atomic mass is 16.5. The molecule has 2 aromatic carbocycles. The van der Waals surface area contributed by atoms with Gasteiger partial charge in [0.15, 0.2) is 0 Å². The summed E-state index contributed by atoms with van der Waals surface area (Å²) in [4.78, 5) is 14.5. The number of ether oxygens (including phenoxy) is 2.